The second kappa shape index (κ2) is 8.71. The monoisotopic (exact) mass is 381 g/mol. The third-order valence-corrected chi connectivity index (χ3v) is 5.61. The molecule has 0 radical (unpaired) electrons. The molecule has 2 amide bonds. The number of ether oxygens (including phenoxy) is 1. The van der Waals surface area contributed by atoms with Crippen LogP contribution in [0.5, 0.6) is 0 Å². The van der Waals surface area contributed by atoms with Gasteiger partial charge in [0.25, 0.3) is 0 Å². The first-order valence-electron chi connectivity index (χ1n) is 10.1. The molecule has 28 heavy (non-hydrogen) atoms. The molecule has 2 aliphatic heterocycles. The molecule has 2 heterocycles. The number of hydrogen-bond donors (Lipinski definition) is 2. The number of fused-ring (bicyclic) bond motifs is 1. The Morgan fingerprint density at radius 1 is 1.14 bits per heavy atom. The summed E-state index contributed by atoms with van der Waals surface area (Å²) in [6, 6.07) is 14.4. The van der Waals surface area contributed by atoms with Crippen LogP contribution in [0.3, 0.4) is 0 Å². The number of carbonyl (C=O) groups excluding carboxylic acids is 2. The van der Waals surface area contributed by atoms with Gasteiger partial charge in [-0.1, -0.05) is 36.4 Å². The molecule has 6 heteroatoms. The number of carbonyl (C=O) groups is 2. The van der Waals surface area contributed by atoms with Gasteiger partial charge >= 0.3 is 0 Å². The summed E-state index contributed by atoms with van der Waals surface area (Å²) in [5.74, 6) is -0.119. The molecule has 1 atom stereocenters. The molecular weight excluding hydrogens is 354 g/mol. The van der Waals surface area contributed by atoms with Gasteiger partial charge in [-0.3, -0.25) is 14.5 Å². The Balaban J connectivity index is 1.43. The maximum atomic E-state index is 12.5. The third kappa shape index (κ3) is 4.51. The molecule has 0 saturated carbocycles. The number of piperazine rings is 1. The van der Waals surface area contributed by atoms with E-state index in [4.69, 9.17) is 4.74 Å². The number of rotatable bonds is 5. The summed E-state index contributed by atoms with van der Waals surface area (Å²) in [5, 5.41) is 8.37. The van der Waals surface area contributed by atoms with Gasteiger partial charge < -0.3 is 15.4 Å². The lowest BCUT2D eigenvalue weighted by Gasteiger charge is -2.35. The Morgan fingerprint density at radius 3 is 2.75 bits per heavy atom. The van der Waals surface area contributed by atoms with E-state index >= 15 is 0 Å². The van der Waals surface area contributed by atoms with Crippen LogP contribution in [0, 0.1) is 0 Å². The summed E-state index contributed by atoms with van der Waals surface area (Å²) in [5.41, 5.74) is 1.16. The lowest BCUT2D eigenvalue weighted by molar-refractivity contribution is -0.134. The van der Waals surface area contributed by atoms with Crippen LogP contribution in [0.15, 0.2) is 42.5 Å². The van der Waals surface area contributed by atoms with Gasteiger partial charge in [0.2, 0.25) is 11.8 Å². The molecule has 2 fully saturated rings. The van der Waals surface area contributed by atoms with Gasteiger partial charge in [0.05, 0.1) is 12.5 Å². The van der Waals surface area contributed by atoms with Crippen molar-refractivity contribution in [3.63, 3.8) is 0 Å². The summed E-state index contributed by atoms with van der Waals surface area (Å²) in [6.07, 6.45) is 1.86. The van der Waals surface area contributed by atoms with Crippen molar-refractivity contribution < 1.29 is 14.3 Å². The smallest absolute Gasteiger partial charge is 0.237 e. The fourth-order valence-electron chi connectivity index (χ4n) is 4.05. The molecule has 2 saturated heterocycles. The first-order valence-corrected chi connectivity index (χ1v) is 10.1. The zero-order chi connectivity index (χ0) is 19.3. The highest BCUT2D eigenvalue weighted by atomic mass is 16.5. The van der Waals surface area contributed by atoms with E-state index in [2.05, 4.69) is 45.9 Å². The fraction of sp³-hybridized carbons (Fsp3) is 0.455. The summed E-state index contributed by atoms with van der Waals surface area (Å²) in [6.45, 7) is 3.39. The van der Waals surface area contributed by atoms with Gasteiger partial charge in [-0.25, -0.2) is 0 Å². The minimum Gasteiger partial charge on any atom is -0.381 e. The summed E-state index contributed by atoms with van der Waals surface area (Å²) >= 11 is 0. The molecule has 2 aliphatic rings. The van der Waals surface area contributed by atoms with E-state index in [-0.39, 0.29) is 24.3 Å². The average Bonchev–Trinajstić information content (AvgIpc) is 2.71. The van der Waals surface area contributed by atoms with Crippen LogP contribution < -0.4 is 10.6 Å². The second-order valence-electron chi connectivity index (χ2n) is 7.62. The largest absolute Gasteiger partial charge is 0.381 e. The van der Waals surface area contributed by atoms with Crippen LogP contribution in [-0.4, -0.2) is 55.1 Å². The maximum absolute atomic E-state index is 12.5. The fourth-order valence-corrected chi connectivity index (χ4v) is 4.05. The molecule has 0 spiro atoms. The van der Waals surface area contributed by atoms with Crippen LogP contribution in [0.25, 0.3) is 10.8 Å². The molecule has 4 rings (SSSR count). The molecule has 0 aromatic heterocycles. The number of nitrogens with one attached hydrogen (secondary N) is 2. The van der Waals surface area contributed by atoms with E-state index in [1.165, 1.54) is 10.8 Å². The van der Waals surface area contributed by atoms with Crippen molar-refractivity contribution >= 4 is 22.6 Å². The van der Waals surface area contributed by atoms with Gasteiger partial charge in [-0.15, -0.1) is 0 Å². The minimum absolute atomic E-state index is 0.0579. The van der Waals surface area contributed by atoms with Crippen molar-refractivity contribution in [2.75, 3.05) is 26.3 Å². The molecule has 2 aromatic carbocycles. The first kappa shape index (κ1) is 18.9. The molecule has 2 aromatic rings. The SMILES string of the molecule is O=C(CC1C(=O)NCCN1Cc1ccc2ccccc2c1)NC1CCOCC1. The van der Waals surface area contributed by atoms with E-state index in [1.54, 1.807) is 0 Å². The van der Waals surface area contributed by atoms with E-state index in [9.17, 15) is 9.59 Å². The van der Waals surface area contributed by atoms with Crippen LogP contribution >= 0.6 is 0 Å². The normalized spacial score (nSPS) is 21.4. The highest BCUT2D eigenvalue weighted by Crippen LogP contribution is 2.19. The molecule has 1 unspecified atom stereocenters. The van der Waals surface area contributed by atoms with Gasteiger partial charge in [-0.2, -0.15) is 0 Å². The minimum atomic E-state index is -0.430. The van der Waals surface area contributed by atoms with Crippen molar-refractivity contribution in [3.8, 4) is 0 Å². The molecule has 0 aliphatic carbocycles. The van der Waals surface area contributed by atoms with Crippen LogP contribution in [0.4, 0.5) is 0 Å². The number of hydrogen-bond acceptors (Lipinski definition) is 4. The van der Waals surface area contributed by atoms with Crippen LogP contribution in [0.2, 0.25) is 0 Å². The molecule has 0 bridgehead atoms. The Hall–Kier alpha value is -2.44. The lowest BCUT2D eigenvalue weighted by Crippen LogP contribution is -2.56. The molecule has 2 N–H and O–H groups in total. The lowest BCUT2D eigenvalue weighted by atomic mass is 10.0. The highest BCUT2D eigenvalue weighted by Gasteiger charge is 2.32. The predicted molar refractivity (Wildman–Crippen MR) is 108 cm³/mol. The highest BCUT2D eigenvalue weighted by molar-refractivity contribution is 5.89. The van der Waals surface area contributed by atoms with Crippen molar-refractivity contribution in [2.24, 2.45) is 0 Å². The Labute approximate surface area is 165 Å². The maximum Gasteiger partial charge on any atom is 0.237 e. The van der Waals surface area contributed by atoms with Gasteiger partial charge in [0.1, 0.15) is 0 Å². The van der Waals surface area contributed by atoms with Crippen molar-refractivity contribution in [1.82, 2.24) is 15.5 Å². The Kier molecular flexibility index (Phi) is 5.88. The van der Waals surface area contributed by atoms with E-state index < -0.39 is 6.04 Å². The van der Waals surface area contributed by atoms with Gasteiger partial charge in [0, 0.05) is 38.9 Å². The average molecular weight is 381 g/mol. The van der Waals surface area contributed by atoms with Gasteiger partial charge in [0.15, 0.2) is 0 Å². The van der Waals surface area contributed by atoms with Crippen molar-refractivity contribution in [2.45, 2.75) is 37.9 Å². The Morgan fingerprint density at radius 2 is 1.93 bits per heavy atom. The number of benzene rings is 2. The van der Waals surface area contributed by atoms with E-state index in [0.717, 1.165) is 24.9 Å². The van der Waals surface area contributed by atoms with Crippen LogP contribution in [-0.2, 0) is 20.9 Å². The van der Waals surface area contributed by atoms with Gasteiger partial charge in [-0.05, 0) is 35.2 Å². The summed E-state index contributed by atoms with van der Waals surface area (Å²) in [4.78, 5) is 27.1. The summed E-state index contributed by atoms with van der Waals surface area (Å²) < 4.78 is 5.34. The quantitative estimate of drug-likeness (QED) is 0.829. The topological polar surface area (TPSA) is 70.7 Å². The second-order valence-corrected chi connectivity index (χ2v) is 7.62. The zero-order valence-corrected chi connectivity index (χ0v) is 16.0. The number of nitrogens with zero attached hydrogens (tertiary/aromatic N) is 1. The standard InChI is InChI=1S/C22H27N3O3/c26-21(24-19-7-11-28-12-8-19)14-20-22(27)23-9-10-25(20)15-16-5-6-17-3-1-2-4-18(17)13-16/h1-6,13,19-20H,7-12,14-15H2,(H,23,27)(H,24,26). The first-order chi connectivity index (χ1) is 13.7. The van der Waals surface area contributed by atoms with Crippen LogP contribution in [0.1, 0.15) is 24.8 Å². The molecule has 6 nitrogen and oxygen atoms in total. The van der Waals surface area contributed by atoms with E-state index in [1.807, 2.05) is 12.1 Å². The summed E-state index contributed by atoms with van der Waals surface area (Å²) in [7, 11) is 0. The number of amides is 2. The van der Waals surface area contributed by atoms with Crippen molar-refractivity contribution in [3.05, 3.63) is 48.0 Å². The third-order valence-electron chi connectivity index (χ3n) is 5.61. The molecular formula is C22H27N3O3. The van der Waals surface area contributed by atoms with Crippen molar-refractivity contribution in [1.29, 1.82) is 0 Å². The predicted octanol–water partition coefficient (Wildman–Crippen LogP) is 1.83. The zero-order valence-electron chi connectivity index (χ0n) is 16.0. The Bertz CT molecular complexity index is 848. The molecule has 148 valence electrons. The van der Waals surface area contributed by atoms with E-state index in [0.29, 0.717) is 26.3 Å².